The Labute approximate surface area is 121 Å². The van der Waals surface area contributed by atoms with E-state index in [1.165, 1.54) is 6.20 Å². The third-order valence-corrected chi connectivity index (χ3v) is 3.51. The SMILES string of the molecule is CC1(C)OB(c2cncc(OCC(F)(F)F)n2)OC1(C)C. The number of alkyl halides is 3. The molecule has 0 amide bonds. The normalized spacial score (nSPS) is 20.6. The Balaban J connectivity index is 2.12. The number of aromatic nitrogens is 2. The fourth-order valence-electron chi connectivity index (χ4n) is 1.67. The summed E-state index contributed by atoms with van der Waals surface area (Å²) in [7, 11) is -0.795. The molecule has 0 aromatic carbocycles. The van der Waals surface area contributed by atoms with E-state index in [1.54, 1.807) is 0 Å². The Hall–Kier alpha value is -1.35. The molecule has 1 aromatic rings. The maximum Gasteiger partial charge on any atom is 0.516 e. The molecule has 0 bridgehead atoms. The van der Waals surface area contributed by atoms with Gasteiger partial charge in [-0.25, -0.2) is 4.98 Å². The topological polar surface area (TPSA) is 53.5 Å². The van der Waals surface area contributed by atoms with Crippen LogP contribution in [-0.4, -0.2) is 41.1 Å². The lowest BCUT2D eigenvalue weighted by molar-refractivity contribution is -0.154. The van der Waals surface area contributed by atoms with Gasteiger partial charge in [0.25, 0.3) is 0 Å². The van der Waals surface area contributed by atoms with Gasteiger partial charge in [-0.1, -0.05) is 0 Å². The zero-order valence-electron chi connectivity index (χ0n) is 12.2. The van der Waals surface area contributed by atoms with Gasteiger partial charge in [-0.3, -0.25) is 4.98 Å². The molecule has 21 heavy (non-hydrogen) atoms. The summed E-state index contributed by atoms with van der Waals surface area (Å²) in [6.07, 6.45) is -1.94. The van der Waals surface area contributed by atoms with E-state index in [2.05, 4.69) is 14.7 Å². The minimum Gasteiger partial charge on any atom is -0.467 e. The second-order valence-electron chi connectivity index (χ2n) is 5.77. The predicted molar refractivity (Wildman–Crippen MR) is 69.3 cm³/mol. The predicted octanol–water partition coefficient (Wildman–Crippen LogP) is 1.72. The second-order valence-corrected chi connectivity index (χ2v) is 5.77. The summed E-state index contributed by atoms with van der Waals surface area (Å²) >= 11 is 0. The first-order valence-corrected chi connectivity index (χ1v) is 6.37. The first-order chi connectivity index (χ1) is 9.50. The Morgan fingerprint density at radius 1 is 1.14 bits per heavy atom. The quantitative estimate of drug-likeness (QED) is 0.796. The summed E-state index contributed by atoms with van der Waals surface area (Å²) in [5, 5.41) is 0. The summed E-state index contributed by atoms with van der Waals surface area (Å²) in [5.41, 5.74) is -0.863. The van der Waals surface area contributed by atoms with Crippen LogP contribution in [0.15, 0.2) is 12.4 Å². The van der Waals surface area contributed by atoms with Crippen LogP contribution < -0.4 is 10.3 Å². The van der Waals surface area contributed by atoms with Crippen molar-refractivity contribution in [3.05, 3.63) is 12.4 Å². The Morgan fingerprint density at radius 2 is 1.71 bits per heavy atom. The van der Waals surface area contributed by atoms with Crippen molar-refractivity contribution < 1.29 is 27.2 Å². The maximum atomic E-state index is 12.1. The van der Waals surface area contributed by atoms with E-state index in [9.17, 15) is 13.2 Å². The molecular weight excluding hydrogens is 288 g/mol. The first-order valence-electron chi connectivity index (χ1n) is 6.37. The van der Waals surface area contributed by atoms with E-state index in [1.807, 2.05) is 27.7 Å². The molecule has 116 valence electrons. The average molecular weight is 304 g/mol. The van der Waals surface area contributed by atoms with Gasteiger partial charge in [0, 0.05) is 6.20 Å². The molecule has 1 fully saturated rings. The van der Waals surface area contributed by atoms with Gasteiger partial charge in [0.05, 0.1) is 23.0 Å². The number of halogens is 3. The van der Waals surface area contributed by atoms with Crippen molar-refractivity contribution in [3.8, 4) is 5.88 Å². The third-order valence-electron chi connectivity index (χ3n) is 3.51. The molecule has 9 heteroatoms. The summed E-state index contributed by atoms with van der Waals surface area (Å²) in [5.74, 6) is -0.223. The number of nitrogens with zero attached hydrogens (tertiary/aromatic N) is 2. The van der Waals surface area contributed by atoms with Gasteiger partial charge in [-0.2, -0.15) is 13.2 Å². The molecule has 0 atom stereocenters. The average Bonchev–Trinajstić information content (AvgIpc) is 2.56. The minimum absolute atomic E-state index is 0.223. The summed E-state index contributed by atoms with van der Waals surface area (Å²) in [4.78, 5) is 7.76. The van der Waals surface area contributed by atoms with Crippen molar-refractivity contribution in [1.29, 1.82) is 0 Å². The lowest BCUT2D eigenvalue weighted by atomic mass is 9.85. The molecule has 0 unspecified atom stereocenters. The van der Waals surface area contributed by atoms with Gasteiger partial charge in [0.2, 0.25) is 5.88 Å². The van der Waals surface area contributed by atoms with Gasteiger partial charge >= 0.3 is 13.3 Å². The van der Waals surface area contributed by atoms with Crippen LogP contribution in [0.3, 0.4) is 0 Å². The highest BCUT2D eigenvalue weighted by atomic mass is 19.4. The van der Waals surface area contributed by atoms with Crippen molar-refractivity contribution in [2.24, 2.45) is 0 Å². The molecule has 0 N–H and O–H groups in total. The molecule has 0 aliphatic carbocycles. The largest absolute Gasteiger partial charge is 0.516 e. The van der Waals surface area contributed by atoms with Crippen LogP contribution in [0.2, 0.25) is 0 Å². The lowest BCUT2D eigenvalue weighted by Gasteiger charge is -2.32. The number of ether oxygens (including phenoxy) is 1. The molecule has 0 radical (unpaired) electrons. The molecule has 1 aliphatic rings. The Bertz CT molecular complexity index is 507. The summed E-state index contributed by atoms with van der Waals surface area (Å²) < 4.78 is 52.4. The van der Waals surface area contributed by atoms with Crippen molar-refractivity contribution >= 4 is 12.7 Å². The van der Waals surface area contributed by atoms with Crippen molar-refractivity contribution in [3.63, 3.8) is 0 Å². The van der Waals surface area contributed by atoms with E-state index >= 15 is 0 Å². The molecule has 1 aromatic heterocycles. The highest BCUT2D eigenvalue weighted by molar-refractivity contribution is 6.61. The van der Waals surface area contributed by atoms with Crippen LogP contribution in [0.1, 0.15) is 27.7 Å². The first kappa shape index (κ1) is 16.0. The maximum absolute atomic E-state index is 12.1. The fraction of sp³-hybridized carbons (Fsp3) is 0.667. The zero-order chi connectivity index (χ0) is 15.9. The van der Waals surface area contributed by atoms with E-state index in [0.29, 0.717) is 0 Å². The lowest BCUT2D eigenvalue weighted by Crippen LogP contribution is -2.41. The highest BCUT2D eigenvalue weighted by Crippen LogP contribution is 2.36. The molecule has 1 saturated heterocycles. The van der Waals surface area contributed by atoms with Gasteiger partial charge < -0.3 is 14.0 Å². The van der Waals surface area contributed by atoms with Gasteiger partial charge in [0.15, 0.2) is 6.61 Å². The fourth-order valence-corrected chi connectivity index (χ4v) is 1.67. The smallest absolute Gasteiger partial charge is 0.467 e. The number of hydrogen-bond donors (Lipinski definition) is 0. The molecule has 0 saturated carbocycles. The minimum atomic E-state index is -4.43. The highest BCUT2D eigenvalue weighted by Gasteiger charge is 2.52. The van der Waals surface area contributed by atoms with E-state index in [-0.39, 0.29) is 11.5 Å². The summed E-state index contributed by atoms with van der Waals surface area (Å²) in [6, 6.07) is 0. The van der Waals surface area contributed by atoms with Crippen LogP contribution in [0.4, 0.5) is 13.2 Å². The van der Waals surface area contributed by atoms with Gasteiger partial charge in [-0.05, 0) is 27.7 Å². The van der Waals surface area contributed by atoms with Gasteiger partial charge in [0.1, 0.15) is 0 Å². The zero-order valence-corrected chi connectivity index (χ0v) is 12.2. The van der Waals surface area contributed by atoms with Crippen molar-refractivity contribution in [2.45, 2.75) is 45.1 Å². The number of hydrogen-bond acceptors (Lipinski definition) is 5. The molecule has 5 nitrogen and oxygen atoms in total. The van der Waals surface area contributed by atoms with Crippen LogP contribution in [0.5, 0.6) is 5.88 Å². The Morgan fingerprint density at radius 3 is 2.24 bits per heavy atom. The van der Waals surface area contributed by atoms with Crippen molar-refractivity contribution in [2.75, 3.05) is 6.61 Å². The molecule has 1 aliphatic heterocycles. The van der Waals surface area contributed by atoms with Crippen LogP contribution in [-0.2, 0) is 9.31 Å². The molecule has 0 spiro atoms. The van der Waals surface area contributed by atoms with E-state index in [0.717, 1.165) is 6.20 Å². The number of rotatable bonds is 3. The standard InChI is InChI=1S/C12H16BF3N2O3/c1-10(2)11(3,4)21-13(20-10)8-5-17-6-9(18-8)19-7-12(14,15)16/h5-6H,7H2,1-4H3. The third kappa shape index (κ3) is 3.65. The monoisotopic (exact) mass is 304 g/mol. The van der Waals surface area contributed by atoms with E-state index in [4.69, 9.17) is 9.31 Å². The molecular formula is C12H16BF3N2O3. The van der Waals surface area contributed by atoms with Crippen LogP contribution in [0.25, 0.3) is 0 Å². The van der Waals surface area contributed by atoms with E-state index < -0.39 is 31.1 Å². The van der Waals surface area contributed by atoms with Crippen LogP contribution in [0, 0.1) is 0 Å². The van der Waals surface area contributed by atoms with Crippen LogP contribution >= 0.6 is 0 Å². The second kappa shape index (κ2) is 5.13. The molecule has 2 rings (SSSR count). The van der Waals surface area contributed by atoms with Crippen molar-refractivity contribution in [1.82, 2.24) is 9.97 Å². The summed E-state index contributed by atoms with van der Waals surface area (Å²) in [6.45, 7) is 6.04. The Kier molecular flexibility index (Phi) is 3.92. The van der Waals surface area contributed by atoms with Gasteiger partial charge in [-0.15, -0.1) is 0 Å². The molecule has 2 heterocycles.